The maximum atomic E-state index is 13.1. The quantitative estimate of drug-likeness (QED) is 0.602. The van der Waals surface area contributed by atoms with E-state index in [1.807, 2.05) is 11.9 Å². The lowest BCUT2D eigenvalue weighted by atomic mass is 9.47. The Morgan fingerprint density at radius 1 is 1.21 bits per heavy atom. The average molecular weight is 456 g/mol. The predicted molar refractivity (Wildman–Crippen MR) is 136 cm³/mol. The van der Waals surface area contributed by atoms with Crippen molar-refractivity contribution in [2.24, 2.45) is 46.2 Å². The van der Waals surface area contributed by atoms with Crippen molar-refractivity contribution in [2.75, 3.05) is 20.6 Å². The molecule has 1 heterocycles. The van der Waals surface area contributed by atoms with Crippen LogP contribution in [0, 0.1) is 40.4 Å². The summed E-state index contributed by atoms with van der Waals surface area (Å²) in [7, 11) is 4.37. The first-order valence-electron chi connectivity index (χ1n) is 14.1. The molecule has 33 heavy (non-hydrogen) atoms. The summed E-state index contributed by atoms with van der Waals surface area (Å²) < 4.78 is 0. The Bertz CT molecular complexity index is 809. The third-order valence-corrected chi connectivity index (χ3v) is 12.1. The minimum Gasteiger partial charge on any atom is -0.341 e. The molecule has 1 aliphatic heterocycles. The number of amides is 1. The van der Waals surface area contributed by atoms with Crippen LogP contribution >= 0.6 is 0 Å². The van der Waals surface area contributed by atoms with E-state index in [2.05, 4.69) is 45.7 Å². The van der Waals surface area contributed by atoms with Gasteiger partial charge in [0.05, 0.1) is 6.04 Å². The number of hydrogen-bond acceptors (Lipinski definition) is 3. The number of rotatable bonds is 4. The molecule has 5 aliphatic rings. The molecule has 1 unspecified atom stereocenters. The van der Waals surface area contributed by atoms with Crippen LogP contribution in [0.5, 0.6) is 0 Å². The summed E-state index contributed by atoms with van der Waals surface area (Å²) in [4.78, 5) is 17.8. The van der Waals surface area contributed by atoms with E-state index < -0.39 is 0 Å². The Morgan fingerprint density at radius 2 is 1.94 bits per heavy atom. The maximum absolute atomic E-state index is 13.1. The van der Waals surface area contributed by atoms with Crippen LogP contribution in [0.2, 0.25) is 0 Å². The lowest BCUT2D eigenvalue weighted by Gasteiger charge is -2.58. The second-order valence-electron chi connectivity index (χ2n) is 13.1. The molecule has 4 aliphatic carbocycles. The standard InChI is InChI=1S/C29H49N3O/c1-7-18(2)26(30)27(33)32(6)21-12-14-28(4)20(16-21)8-9-22-24(28)13-15-29-17-31(5)19(3)23(29)10-11-25(22)29/h8,18-19,21-26H,7,9-17,30H2,1-6H3/t18-,19-,21-,22+,23+,24?,25-,26-,28-,29-/m0/s1. The average Bonchev–Trinajstić information content (AvgIpc) is 3.30. The van der Waals surface area contributed by atoms with Gasteiger partial charge in [-0.05, 0) is 106 Å². The van der Waals surface area contributed by atoms with Crippen LogP contribution in [0.3, 0.4) is 0 Å². The molecule has 10 atom stereocenters. The summed E-state index contributed by atoms with van der Waals surface area (Å²) in [5.74, 6) is 3.97. The zero-order chi connectivity index (χ0) is 23.7. The molecule has 5 rings (SSSR count). The first kappa shape index (κ1) is 23.9. The molecular weight excluding hydrogens is 406 g/mol. The Kier molecular flexibility index (Phi) is 6.04. The van der Waals surface area contributed by atoms with Gasteiger partial charge >= 0.3 is 0 Å². The molecular formula is C29H49N3O. The zero-order valence-corrected chi connectivity index (χ0v) is 22.1. The molecule has 0 bridgehead atoms. The van der Waals surface area contributed by atoms with Crippen molar-refractivity contribution in [3.05, 3.63) is 11.6 Å². The van der Waals surface area contributed by atoms with Crippen molar-refractivity contribution < 1.29 is 4.79 Å². The van der Waals surface area contributed by atoms with Crippen molar-refractivity contribution in [1.82, 2.24) is 9.80 Å². The zero-order valence-electron chi connectivity index (χ0n) is 22.1. The number of fused-ring (bicyclic) bond motifs is 4. The molecule has 3 saturated carbocycles. The van der Waals surface area contributed by atoms with Gasteiger partial charge in [-0.3, -0.25) is 4.79 Å². The lowest BCUT2D eigenvalue weighted by molar-refractivity contribution is -0.135. The number of nitrogens with two attached hydrogens (primary N) is 1. The minimum absolute atomic E-state index is 0.142. The van der Waals surface area contributed by atoms with E-state index in [1.54, 1.807) is 5.57 Å². The van der Waals surface area contributed by atoms with Crippen molar-refractivity contribution >= 4 is 5.91 Å². The molecule has 0 radical (unpaired) electrons. The van der Waals surface area contributed by atoms with Crippen molar-refractivity contribution in [3.63, 3.8) is 0 Å². The Balaban J connectivity index is 1.33. The van der Waals surface area contributed by atoms with Crippen LogP contribution in [0.1, 0.15) is 85.5 Å². The lowest BCUT2D eigenvalue weighted by Crippen LogP contribution is -2.54. The maximum Gasteiger partial charge on any atom is 0.239 e. The van der Waals surface area contributed by atoms with Crippen molar-refractivity contribution in [3.8, 4) is 0 Å². The fourth-order valence-electron chi connectivity index (χ4n) is 9.69. The minimum atomic E-state index is -0.366. The van der Waals surface area contributed by atoms with Crippen LogP contribution in [0.25, 0.3) is 0 Å². The highest BCUT2D eigenvalue weighted by molar-refractivity contribution is 5.82. The summed E-state index contributed by atoms with van der Waals surface area (Å²) in [5, 5.41) is 0. The first-order valence-corrected chi connectivity index (χ1v) is 14.1. The summed E-state index contributed by atoms with van der Waals surface area (Å²) in [6.45, 7) is 10.6. The normalized spacial score (nSPS) is 46.5. The van der Waals surface area contributed by atoms with E-state index in [1.165, 1.54) is 45.1 Å². The number of carbonyl (C=O) groups excluding carboxylic acids is 1. The molecule has 2 N–H and O–H groups in total. The molecule has 0 aromatic heterocycles. The topological polar surface area (TPSA) is 49.6 Å². The van der Waals surface area contributed by atoms with Gasteiger partial charge in [-0.2, -0.15) is 0 Å². The summed E-state index contributed by atoms with van der Waals surface area (Å²) >= 11 is 0. The number of hydrogen-bond donors (Lipinski definition) is 1. The van der Waals surface area contributed by atoms with Gasteiger partial charge in [0, 0.05) is 25.7 Å². The van der Waals surface area contributed by atoms with Gasteiger partial charge < -0.3 is 15.5 Å². The largest absolute Gasteiger partial charge is 0.341 e. The van der Waals surface area contributed by atoms with E-state index in [0.717, 1.165) is 49.0 Å². The first-order chi connectivity index (χ1) is 15.6. The van der Waals surface area contributed by atoms with Crippen LogP contribution < -0.4 is 5.73 Å². The number of carbonyl (C=O) groups is 1. The highest BCUT2D eigenvalue weighted by atomic mass is 16.2. The van der Waals surface area contributed by atoms with Gasteiger partial charge in [0.15, 0.2) is 0 Å². The molecule has 186 valence electrons. The summed E-state index contributed by atoms with van der Waals surface area (Å²) in [6.07, 6.45) is 14.1. The van der Waals surface area contributed by atoms with E-state index in [0.29, 0.717) is 16.9 Å². The molecule has 1 spiro atoms. The second kappa shape index (κ2) is 8.36. The van der Waals surface area contributed by atoms with Crippen LogP contribution in [0.15, 0.2) is 11.6 Å². The molecule has 4 fully saturated rings. The van der Waals surface area contributed by atoms with Gasteiger partial charge in [0.2, 0.25) is 5.91 Å². The number of likely N-dealkylation sites (tertiary alicyclic amines) is 1. The molecule has 0 aromatic carbocycles. The number of likely N-dealkylation sites (N-methyl/N-ethyl adjacent to an activating group) is 1. The SMILES string of the molecule is CC[C@H](C)[C@H](N)C(=O)N(C)[C@H]1CC[C@@]2(C)C(=CC[C@@H]3C2CC[C@]24CN(C)[C@@H](C)[C@H]2CC[C@@H]34)C1. The van der Waals surface area contributed by atoms with Crippen LogP contribution in [-0.2, 0) is 4.79 Å². The summed E-state index contributed by atoms with van der Waals surface area (Å²) in [5.41, 5.74) is 8.94. The Morgan fingerprint density at radius 3 is 2.67 bits per heavy atom. The summed E-state index contributed by atoms with van der Waals surface area (Å²) in [6, 6.07) is 0.718. The third-order valence-electron chi connectivity index (χ3n) is 12.1. The number of allylic oxidation sites excluding steroid dienone is 1. The Labute approximate surface area is 202 Å². The van der Waals surface area contributed by atoms with Gasteiger partial charge in [-0.15, -0.1) is 0 Å². The smallest absolute Gasteiger partial charge is 0.239 e. The fraction of sp³-hybridized carbons (Fsp3) is 0.897. The highest BCUT2D eigenvalue weighted by Gasteiger charge is 2.64. The van der Waals surface area contributed by atoms with Crippen molar-refractivity contribution in [1.29, 1.82) is 0 Å². The van der Waals surface area contributed by atoms with Gasteiger partial charge in [-0.1, -0.05) is 38.8 Å². The Hall–Kier alpha value is -0.870. The molecule has 4 heteroatoms. The van der Waals surface area contributed by atoms with Gasteiger partial charge in [0.1, 0.15) is 0 Å². The van der Waals surface area contributed by atoms with Crippen LogP contribution in [-0.4, -0.2) is 54.5 Å². The molecule has 0 aromatic rings. The van der Waals surface area contributed by atoms with E-state index >= 15 is 0 Å². The monoisotopic (exact) mass is 455 g/mol. The predicted octanol–water partition coefficient (Wildman–Crippen LogP) is 5.08. The fourth-order valence-corrected chi connectivity index (χ4v) is 9.69. The van der Waals surface area contributed by atoms with Crippen LogP contribution in [0.4, 0.5) is 0 Å². The second-order valence-corrected chi connectivity index (χ2v) is 13.1. The van der Waals surface area contributed by atoms with E-state index in [9.17, 15) is 4.79 Å². The molecule has 4 nitrogen and oxygen atoms in total. The highest BCUT2D eigenvalue weighted by Crippen LogP contribution is 2.68. The molecule has 1 amide bonds. The molecule has 1 saturated heterocycles. The number of nitrogens with zero attached hydrogens (tertiary/aromatic N) is 2. The van der Waals surface area contributed by atoms with Crippen molar-refractivity contribution in [2.45, 2.75) is 104 Å². The van der Waals surface area contributed by atoms with Gasteiger partial charge in [0.25, 0.3) is 0 Å². The van der Waals surface area contributed by atoms with E-state index in [-0.39, 0.29) is 17.9 Å². The van der Waals surface area contributed by atoms with Gasteiger partial charge in [-0.25, -0.2) is 0 Å². The van der Waals surface area contributed by atoms with E-state index in [4.69, 9.17) is 5.73 Å². The third kappa shape index (κ3) is 3.40.